The molecule has 0 nitrogen and oxygen atoms in total. The number of allylic oxidation sites excluding steroid dienone is 4. The Kier molecular flexibility index (Phi) is 2.92. The lowest BCUT2D eigenvalue weighted by molar-refractivity contribution is 0.541. The van der Waals surface area contributed by atoms with Crippen LogP contribution in [0.4, 0.5) is 0 Å². The Morgan fingerprint density at radius 3 is 2.82 bits per heavy atom. The van der Waals surface area contributed by atoms with Gasteiger partial charge in [0.05, 0.1) is 0 Å². The maximum absolute atomic E-state index is 2.33. The van der Waals surface area contributed by atoms with E-state index in [-0.39, 0.29) is 0 Å². The van der Waals surface area contributed by atoms with Crippen molar-refractivity contribution in [1.29, 1.82) is 0 Å². The van der Waals surface area contributed by atoms with Crippen molar-refractivity contribution in [3.05, 3.63) is 23.3 Å². The van der Waals surface area contributed by atoms with Gasteiger partial charge in [-0.15, -0.1) is 0 Å². The van der Waals surface area contributed by atoms with Crippen LogP contribution in [0, 0.1) is 5.92 Å². The Balaban J connectivity index is 2.79. The third-order valence-corrected chi connectivity index (χ3v) is 2.70. The molecule has 0 bridgehead atoms. The molecular weight excluding hydrogens is 132 g/mol. The summed E-state index contributed by atoms with van der Waals surface area (Å²) in [7, 11) is 0. The smallest absolute Gasteiger partial charge is 0.0228 e. The Hall–Kier alpha value is -0.520. The van der Waals surface area contributed by atoms with Crippen LogP contribution in [-0.2, 0) is 0 Å². The molecule has 0 N–H and O–H groups in total. The summed E-state index contributed by atoms with van der Waals surface area (Å²) in [6.45, 7) is 6.71. The topological polar surface area (TPSA) is 0 Å². The Labute approximate surface area is 70.0 Å². The van der Waals surface area contributed by atoms with E-state index in [1.807, 2.05) is 0 Å². The number of hydrogen-bond acceptors (Lipinski definition) is 0. The zero-order valence-electron chi connectivity index (χ0n) is 7.85. The first-order valence-corrected chi connectivity index (χ1v) is 4.58. The van der Waals surface area contributed by atoms with Gasteiger partial charge in [0.2, 0.25) is 0 Å². The van der Waals surface area contributed by atoms with Crippen LogP contribution in [0.2, 0.25) is 0 Å². The van der Waals surface area contributed by atoms with Crippen LogP contribution >= 0.6 is 0 Å². The molecule has 0 heteroatoms. The summed E-state index contributed by atoms with van der Waals surface area (Å²) in [4.78, 5) is 0. The third-order valence-electron chi connectivity index (χ3n) is 2.70. The fourth-order valence-corrected chi connectivity index (χ4v) is 1.74. The SMILES string of the molecule is C/C=C\C1=C(C)C(C)CCC1. The van der Waals surface area contributed by atoms with Crippen LogP contribution in [0.25, 0.3) is 0 Å². The van der Waals surface area contributed by atoms with Gasteiger partial charge in [0.25, 0.3) is 0 Å². The van der Waals surface area contributed by atoms with Gasteiger partial charge in [0.1, 0.15) is 0 Å². The lowest BCUT2D eigenvalue weighted by Crippen LogP contribution is -2.05. The van der Waals surface area contributed by atoms with Gasteiger partial charge in [-0.25, -0.2) is 0 Å². The van der Waals surface area contributed by atoms with E-state index in [1.54, 1.807) is 11.1 Å². The molecule has 62 valence electrons. The van der Waals surface area contributed by atoms with Gasteiger partial charge >= 0.3 is 0 Å². The Bertz CT molecular complexity index is 184. The van der Waals surface area contributed by atoms with Gasteiger partial charge in [-0.2, -0.15) is 0 Å². The molecule has 11 heavy (non-hydrogen) atoms. The van der Waals surface area contributed by atoms with Crippen molar-refractivity contribution in [3.63, 3.8) is 0 Å². The van der Waals surface area contributed by atoms with Crippen LogP contribution in [0.3, 0.4) is 0 Å². The molecule has 0 fully saturated rings. The quantitative estimate of drug-likeness (QED) is 0.534. The first-order chi connectivity index (χ1) is 5.25. The van der Waals surface area contributed by atoms with Crippen LogP contribution in [0.15, 0.2) is 23.3 Å². The second-order valence-electron chi connectivity index (χ2n) is 3.50. The zero-order chi connectivity index (χ0) is 8.27. The van der Waals surface area contributed by atoms with Gasteiger partial charge in [-0.3, -0.25) is 0 Å². The van der Waals surface area contributed by atoms with E-state index in [0.29, 0.717) is 0 Å². The third kappa shape index (κ3) is 1.95. The van der Waals surface area contributed by atoms with Crippen LogP contribution in [-0.4, -0.2) is 0 Å². The molecule has 0 radical (unpaired) electrons. The summed E-state index contributed by atoms with van der Waals surface area (Å²) in [6, 6.07) is 0. The second kappa shape index (κ2) is 3.75. The Morgan fingerprint density at radius 1 is 1.45 bits per heavy atom. The standard InChI is InChI=1S/C11H18/c1-4-6-11-8-5-7-9(2)10(11)3/h4,6,9H,5,7-8H2,1-3H3/b6-4-. The minimum absolute atomic E-state index is 0.815. The molecule has 1 rings (SSSR count). The average Bonchev–Trinajstić information content (AvgIpc) is 1.99. The fourth-order valence-electron chi connectivity index (χ4n) is 1.74. The summed E-state index contributed by atoms with van der Waals surface area (Å²) >= 11 is 0. The highest BCUT2D eigenvalue weighted by atomic mass is 14.2. The van der Waals surface area contributed by atoms with E-state index in [1.165, 1.54) is 19.3 Å². The summed E-state index contributed by atoms with van der Waals surface area (Å²) in [5.41, 5.74) is 3.18. The highest BCUT2D eigenvalue weighted by Gasteiger charge is 2.13. The average molecular weight is 150 g/mol. The first kappa shape index (κ1) is 8.58. The van der Waals surface area contributed by atoms with Crippen molar-refractivity contribution in [2.45, 2.75) is 40.0 Å². The van der Waals surface area contributed by atoms with E-state index in [2.05, 4.69) is 32.9 Å². The summed E-state index contributed by atoms with van der Waals surface area (Å²) < 4.78 is 0. The van der Waals surface area contributed by atoms with Crippen LogP contribution < -0.4 is 0 Å². The highest BCUT2D eigenvalue weighted by molar-refractivity contribution is 5.27. The number of rotatable bonds is 1. The van der Waals surface area contributed by atoms with E-state index in [9.17, 15) is 0 Å². The zero-order valence-corrected chi connectivity index (χ0v) is 7.85. The maximum Gasteiger partial charge on any atom is -0.0228 e. The molecule has 0 spiro atoms. The molecule has 0 heterocycles. The van der Waals surface area contributed by atoms with E-state index >= 15 is 0 Å². The molecule has 1 atom stereocenters. The predicted octanol–water partition coefficient (Wildman–Crippen LogP) is 3.70. The van der Waals surface area contributed by atoms with Gasteiger partial charge in [-0.05, 0) is 44.6 Å². The summed E-state index contributed by atoms with van der Waals surface area (Å²) in [6.07, 6.45) is 8.47. The van der Waals surface area contributed by atoms with Crippen molar-refractivity contribution in [1.82, 2.24) is 0 Å². The van der Waals surface area contributed by atoms with Crippen molar-refractivity contribution in [2.75, 3.05) is 0 Å². The van der Waals surface area contributed by atoms with Gasteiger partial charge < -0.3 is 0 Å². The maximum atomic E-state index is 2.33. The molecule has 0 aromatic carbocycles. The summed E-state index contributed by atoms with van der Waals surface area (Å²) in [5, 5.41) is 0. The normalized spacial score (nSPS) is 26.6. The van der Waals surface area contributed by atoms with E-state index in [4.69, 9.17) is 0 Å². The van der Waals surface area contributed by atoms with Crippen LogP contribution in [0.5, 0.6) is 0 Å². The minimum Gasteiger partial charge on any atom is -0.0874 e. The van der Waals surface area contributed by atoms with Crippen molar-refractivity contribution >= 4 is 0 Å². The fraction of sp³-hybridized carbons (Fsp3) is 0.636. The monoisotopic (exact) mass is 150 g/mol. The Morgan fingerprint density at radius 2 is 2.18 bits per heavy atom. The second-order valence-corrected chi connectivity index (χ2v) is 3.50. The molecular formula is C11H18. The van der Waals surface area contributed by atoms with Gasteiger partial charge in [0, 0.05) is 0 Å². The van der Waals surface area contributed by atoms with Crippen molar-refractivity contribution in [2.24, 2.45) is 5.92 Å². The molecule has 0 saturated carbocycles. The lowest BCUT2D eigenvalue weighted by atomic mass is 9.85. The predicted molar refractivity (Wildman–Crippen MR) is 50.5 cm³/mol. The van der Waals surface area contributed by atoms with E-state index < -0.39 is 0 Å². The highest BCUT2D eigenvalue weighted by Crippen LogP contribution is 2.29. The molecule has 0 aromatic heterocycles. The van der Waals surface area contributed by atoms with Crippen molar-refractivity contribution < 1.29 is 0 Å². The number of hydrogen-bond donors (Lipinski definition) is 0. The van der Waals surface area contributed by atoms with E-state index in [0.717, 1.165) is 5.92 Å². The van der Waals surface area contributed by atoms with Gasteiger partial charge in [-0.1, -0.05) is 24.6 Å². The first-order valence-electron chi connectivity index (χ1n) is 4.58. The van der Waals surface area contributed by atoms with Crippen molar-refractivity contribution in [3.8, 4) is 0 Å². The lowest BCUT2D eigenvalue weighted by Gasteiger charge is -2.21. The van der Waals surface area contributed by atoms with Gasteiger partial charge in [0.15, 0.2) is 0 Å². The molecule has 0 aromatic rings. The largest absolute Gasteiger partial charge is 0.0874 e. The minimum atomic E-state index is 0.815. The molecule has 0 saturated heterocycles. The molecule has 0 amide bonds. The van der Waals surface area contributed by atoms with Crippen LogP contribution in [0.1, 0.15) is 40.0 Å². The molecule has 1 aliphatic rings. The summed E-state index contributed by atoms with van der Waals surface area (Å²) in [5.74, 6) is 0.815. The molecule has 0 aliphatic heterocycles. The molecule has 1 unspecified atom stereocenters. The molecule has 1 aliphatic carbocycles.